The molecule has 0 spiro atoms. The molecule has 1 atom stereocenters. The van der Waals surface area contributed by atoms with Crippen molar-refractivity contribution in [3.05, 3.63) is 58.2 Å². The summed E-state index contributed by atoms with van der Waals surface area (Å²) in [5.74, 6) is 0.561. The van der Waals surface area contributed by atoms with Crippen LogP contribution in [0.25, 0.3) is 23.1 Å². The van der Waals surface area contributed by atoms with Crippen LogP contribution in [0.15, 0.2) is 46.9 Å². The number of aryl methyl sites for hydroxylation is 1. The number of carbonyl (C=O) groups is 1. The Kier molecular flexibility index (Phi) is 6.09. The van der Waals surface area contributed by atoms with E-state index < -0.39 is 12.1 Å². The molecule has 0 N–H and O–H groups in total. The van der Waals surface area contributed by atoms with E-state index in [4.69, 9.17) is 14.2 Å². The van der Waals surface area contributed by atoms with Gasteiger partial charge < -0.3 is 18.8 Å². The van der Waals surface area contributed by atoms with Crippen LogP contribution in [0.3, 0.4) is 0 Å². The fraction of sp³-hybridized carbons (Fsp3) is 0.227. The first-order valence-electron chi connectivity index (χ1n) is 8.79. The number of para-hydroxylation sites is 1. The highest BCUT2D eigenvalue weighted by atomic mass is 79.9. The van der Waals surface area contributed by atoms with E-state index in [1.54, 1.807) is 20.1 Å². The Morgan fingerprint density at radius 3 is 2.57 bits per heavy atom. The van der Waals surface area contributed by atoms with Crippen LogP contribution in [0.1, 0.15) is 18.2 Å². The third-order valence-electron chi connectivity index (χ3n) is 4.56. The molecule has 0 bridgehead atoms. The number of nitrogens with zero attached hydrogens (tertiary/aromatic N) is 1. The molecule has 28 heavy (non-hydrogen) atoms. The molecule has 146 valence electrons. The third kappa shape index (κ3) is 3.92. The molecule has 0 saturated heterocycles. The number of rotatable bonds is 6. The normalized spacial score (nSPS) is 12.3. The largest absolute Gasteiger partial charge is 0.493 e. The van der Waals surface area contributed by atoms with E-state index in [0.717, 1.165) is 21.2 Å². The maximum Gasteiger partial charge on any atom is 0.346 e. The highest BCUT2D eigenvalue weighted by Gasteiger charge is 2.20. The van der Waals surface area contributed by atoms with Gasteiger partial charge in [-0.2, -0.15) is 0 Å². The molecule has 2 aromatic carbocycles. The van der Waals surface area contributed by atoms with Crippen LogP contribution in [-0.4, -0.2) is 30.9 Å². The number of ether oxygens (including phenoxy) is 3. The zero-order chi connectivity index (χ0) is 20.3. The monoisotopic (exact) mass is 443 g/mol. The number of methoxy groups -OCH3 is 2. The summed E-state index contributed by atoms with van der Waals surface area (Å²) < 4.78 is 19.1. The Bertz CT molecular complexity index is 1040. The van der Waals surface area contributed by atoms with Gasteiger partial charge in [-0.25, -0.2) is 4.79 Å². The van der Waals surface area contributed by atoms with Crippen LogP contribution in [0.2, 0.25) is 0 Å². The van der Waals surface area contributed by atoms with E-state index in [2.05, 4.69) is 38.7 Å². The van der Waals surface area contributed by atoms with Gasteiger partial charge in [0.05, 0.1) is 14.2 Å². The number of halogens is 1. The van der Waals surface area contributed by atoms with Gasteiger partial charge in [-0.3, -0.25) is 0 Å². The van der Waals surface area contributed by atoms with E-state index in [-0.39, 0.29) is 0 Å². The van der Waals surface area contributed by atoms with Crippen molar-refractivity contribution in [3.63, 3.8) is 0 Å². The number of fused-ring (bicyclic) bond motifs is 1. The summed E-state index contributed by atoms with van der Waals surface area (Å²) >= 11 is 3.57. The first-order valence-corrected chi connectivity index (χ1v) is 9.59. The number of hydrogen-bond donors (Lipinski definition) is 0. The molecule has 1 heterocycles. The molecular weight excluding hydrogens is 422 g/mol. The highest BCUT2D eigenvalue weighted by molar-refractivity contribution is 9.10. The van der Waals surface area contributed by atoms with Crippen molar-refractivity contribution in [2.45, 2.75) is 13.0 Å². The fourth-order valence-corrected chi connectivity index (χ4v) is 3.47. The average Bonchev–Trinajstić information content (AvgIpc) is 3.03. The number of benzene rings is 2. The smallest absolute Gasteiger partial charge is 0.346 e. The summed E-state index contributed by atoms with van der Waals surface area (Å²) in [4.78, 5) is 11.8. The Hall–Kier alpha value is -2.73. The summed E-state index contributed by atoms with van der Waals surface area (Å²) in [6.07, 6.45) is 3.19. The molecule has 0 aliphatic rings. The van der Waals surface area contributed by atoms with Gasteiger partial charge in [-0.1, -0.05) is 34.1 Å². The first kappa shape index (κ1) is 20.0. The summed E-state index contributed by atoms with van der Waals surface area (Å²) in [7, 11) is 4.93. The van der Waals surface area contributed by atoms with E-state index in [1.165, 1.54) is 12.5 Å². The maximum absolute atomic E-state index is 11.8. The quantitative estimate of drug-likeness (QED) is 0.499. The summed E-state index contributed by atoms with van der Waals surface area (Å²) in [5, 5.41) is 1.17. The molecule has 5 nitrogen and oxygen atoms in total. The van der Waals surface area contributed by atoms with Gasteiger partial charge in [0.25, 0.3) is 0 Å². The highest BCUT2D eigenvalue weighted by Crippen LogP contribution is 2.38. The Labute approximate surface area is 172 Å². The van der Waals surface area contributed by atoms with Crippen molar-refractivity contribution in [2.24, 2.45) is 7.05 Å². The molecule has 0 aliphatic carbocycles. The Morgan fingerprint density at radius 1 is 1.14 bits per heavy atom. The lowest BCUT2D eigenvalue weighted by molar-refractivity contribution is -0.147. The molecule has 0 saturated carbocycles. The van der Waals surface area contributed by atoms with Gasteiger partial charge in [0.2, 0.25) is 0 Å². The lowest BCUT2D eigenvalue weighted by Gasteiger charge is -2.18. The number of esters is 1. The minimum absolute atomic E-state index is 0.453. The van der Waals surface area contributed by atoms with Gasteiger partial charge in [-0.05, 0) is 43.3 Å². The number of hydrogen-bond acceptors (Lipinski definition) is 4. The van der Waals surface area contributed by atoms with Crippen molar-refractivity contribution in [1.29, 1.82) is 0 Å². The predicted molar refractivity (Wildman–Crippen MR) is 115 cm³/mol. The molecule has 6 heteroatoms. The van der Waals surface area contributed by atoms with Gasteiger partial charge >= 0.3 is 5.97 Å². The van der Waals surface area contributed by atoms with Crippen LogP contribution in [0.5, 0.6) is 11.5 Å². The van der Waals surface area contributed by atoms with Crippen molar-refractivity contribution in [1.82, 2.24) is 4.57 Å². The van der Waals surface area contributed by atoms with Crippen LogP contribution in [0, 0.1) is 0 Å². The minimum Gasteiger partial charge on any atom is -0.493 e. The molecule has 0 fully saturated rings. The molecule has 3 aromatic rings. The van der Waals surface area contributed by atoms with E-state index >= 15 is 0 Å². The molecule has 1 aromatic heterocycles. The van der Waals surface area contributed by atoms with Crippen LogP contribution in [-0.2, 0) is 16.6 Å². The molecule has 3 rings (SSSR count). The lowest BCUT2D eigenvalue weighted by Crippen LogP contribution is -2.25. The van der Waals surface area contributed by atoms with Crippen LogP contribution in [0.4, 0.5) is 0 Å². The summed E-state index contributed by atoms with van der Waals surface area (Å²) in [6.45, 7) is 1.64. The van der Waals surface area contributed by atoms with Gasteiger partial charge in [0, 0.05) is 33.7 Å². The van der Waals surface area contributed by atoms with Crippen LogP contribution >= 0.6 is 15.9 Å². The third-order valence-corrected chi connectivity index (χ3v) is 5.26. The second-order valence-corrected chi connectivity index (χ2v) is 7.15. The summed E-state index contributed by atoms with van der Waals surface area (Å²) in [5.41, 5.74) is 2.98. The minimum atomic E-state index is -0.766. The van der Waals surface area contributed by atoms with Gasteiger partial charge in [0.15, 0.2) is 17.6 Å². The fourth-order valence-electron chi connectivity index (χ4n) is 3.02. The van der Waals surface area contributed by atoms with E-state index in [9.17, 15) is 4.79 Å². The predicted octanol–water partition coefficient (Wildman–Crippen LogP) is 5.06. The Balaban J connectivity index is 2.03. The lowest BCUT2D eigenvalue weighted by atomic mass is 10.1. The maximum atomic E-state index is 11.8. The second kappa shape index (κ2) is 8.52. The zero-order valence-corrected chi connectivity index (χ0v) is 17.8. The molecular formula is C22H22BrNO4. The Morgan fingerprint density at radius 2 is 1.89 bits per heavy atom. The molecule has 0 radical (unpaired) electrons. The average molecular weight is 444 g/mol. The van der Waals surface area contributed by atoms with E-state index in [0.29, 0.717) is 11.5 Å². The van der Waals surface area contributed by atoms with Crippen molar-refractivity contribution < 1.29 is 19.0 Å². The van der Waals surface area contributed by atoms with Crippen molar-refractivity contribution >= 4 is 45.0 Å². The number of aromatic nitrogens is 1. The van der Waals surface area contributed by atoms with Gasteiger partial charge in [-0.15, -0.1) is 0 Å². The number of carbonyl (C=O) groups excluding carboxylic acids is 1. The molecule has 1 unspecified atom stereocenters. The molecule has 0 aliphatic heterocycles. The first-order chi connectivity index (χ1) is 13.5. The van der Waals surface area contributed by atoms with E-state index in [1.807, 2.05) is 37.4 Å². The second-order valence-electron chi connectivity index (χ2n) is 6.30. The van der Waals surface area contributed by atoms with Crippen LogP contribution < -0.4 is 9.47 Å². The van der Waals surface area contributed by atoms with Gasteiger partial charge in [0.1, 0.15) is 0 Å². The summed E-state index contributed by atoms with van der Waals surface area (Å²) in [6, 6.07) is 14.0. The topological polar surface area (TPSA) is 49.7 Å². The standard InChI is InChI=1S/C22H22BrNO4/c1-14(22(25)27-4)28-21-17(18(23)11-12-20(21)26-3)10-9-16-13-15-7-5-6-8-19(15)24(16)2/h5-14H,1-4H3. The molecule has 0 amide bonds. The SMILES string of the molecule is COC(=O)C(C)Oc1c(OC)ccc(Br)c1C=Cc1cc2ccccc2n1C. The van der Waals surface area contributed by atoms with Crippen molar-refractivity contribution in [2.75, 3.05) is 14.2 Å². The zero-order valence-electron chi connectivity index (χ0n) is 16.2. The van der Waals surface area contributed by atoms with Crippen molar-refractivity contribution in [3.8, 4) is 11.5 Å².